The summed E-state index contributed by atoms with van der Waals surface area (Å²) in [4.78, 5) is 20.4. The molecule has 0 spiro atoms. The lowest BCUT2D eigenvalue weighted by Crippen LogP contribution is -2.13. The number of nitrogens with zero attached hydrogens (tertiary/aromatic N) is 2. The van der Waals surface area contributed by atoms with Crippen molar-refractivity contribution < 1.29 is 19.0 Å². The normalized spacial score (nSPS) is 10.7. The van der Waals surface area contributed by atoms with E-state index >= 15 is 0 Å². The van der Waals surface area contributed by atoms with E-state index in [0.29, 0.717) is 40.1 Å². The van der Waals surface area contributed by atoms with Gasteiger partial charge in [-0.1, -0.05) is 12.1 Å². The molecule has 3 N–H and O–H groups in total. The summed E-state index contributed by atoms with van der Waals surface area (Å²) in [7, 11) is 4.49. The molecule has 9 heteroatoms. The van der Waals surface area contributed by atoms with Gasteiger partial charge in [-0.3, -0.25) is 9.89 Å². The van der Waals surface area contributed by atoms with Gasteiger partial charge in [-0.15, -0.1) is 0 Å². The molecular weight excluding hydrogens is 374 g/mol. The Hall–Kier alpha value is -4.01. The van der Waals surface area contributed by atoms with Gasteiger partial charge in [0.15, 0.2) is 23.1 Å². The monoisotopic (exact) mass is 393 g/mol. The van der Waals surface area contributed by atoms with E-state index in [1.807, 2.05) is 24.3 Å². The first-order chi connectivity index (χ1) is 14.1. The Bertz CT molecular complexity index is 1120. The molecule has 0 atom stereocenters. The summed E-state index contributed by atoms with van der Waals surface area (Å²) in [5.74, 6) is 1.82. The highest BCUT2D eigenvalue weighted by molar-refractivity contribution is 6.04. The van der Waals surface area contributed by atoms with Crippen LogP contribution in [0, 0.1) is 0 Å². The van der Waals surface area contributed by atoms with E-state index in [1.165, 1.54) is 21.3 Å². The largest absolute Gasteiger partial charge is 0.493 e. The molecule has 0 bridgehead atoms. The number of hydrogen-bond acceptors (Lipinski definition) is 6. The number of imidazole rings is 1. The van der Waals surface area contributed by atoms with Crippen LogP contribution in [0.1, 0.15) is 10.4 Å². The molecule has 4 aromatic rings. The number of amides is 1. The second-order valence-corrected chi connectivity index (χ2v) is 6.14. The van der Waals surface area contributed by atoms with Gasteiger partial charge in [0, 0.05) is 11.6 Å². The van der Waals surface area contributed by atoms with Gasteiger partial charge in [0.2, 0.25) is 5.75 Å². The molecule has 0 saturated carbocycles. The average Bonchev–Trinajstić information content (AvgIpc) is 3.39. The van der Waals surface area contributed by atoms with Crippen molar-refractivity contribution >= 4 is 22.8 Å². The Balaban J connectivity index is 1.58. The lowest BCUT2D eigenvalue weighted by Gasteiger charge is -2.13. The van der Waals surface area contributed by atoms with Gasteiger partial charge in [0.05, 0.1) is 32.4 Å². The molecule has 0 aliphatic heterocycles. The Kier molecular flexibility index (Phi) is 4.78. The third-order valence-corrected chi connectivity index (χ3v) is 4.39. The number of methoxy groups -OCH3 is 3. The Morgan fingerprint density at radius 2 is 1.72 bits per heavy atom. The molecule has 0 radical (unpaired) electrons. The number of ether oxygens (including phenoxy) is 3. The molecule has 0 unspecified atom stereocenters. The number of fused-ring (bicyclic) bond motifs is 1. The predicted molar refractivity (Wildman–Crippen MR) is 108 cm³/mol. The molecule has 0 aliphatic carbocycles. The van der Waals surface area contributed by atoms with Crippen molar-refractivity contribution in [1.29, 1.82) is 0 Å². The van der Waals surface area contributed by atoms with Gasteiger partial charge < -0.3 is 24.5 Å². The molecule has 0 fully saturated rings. The van der Waals surface area contributed by atoms with Crippen LogP contribution < -0.4 is 19.5 Å². The van der Waals surface area contributed by atoms with Crippen molar-refractivity contribution in [3.8, 4) is 28.8 Å². The van der Waals surface area contributed by atoms with Crippen LogP contribution in [0.5, 0.6) is 17.2 Å². The fraction of sp³-hybridized carbons (Fsp3) is 0.150. The van der Waals surface area contributed by atoms with Crippen molar-refractivity contribution in [3.05, 3.63) is 48.0 Å². The fourth-order valence-corrected chi connectivity index (χ4v) is 2.99. The first kappa shape index (κ1) is 18.4. The highest BCUT2D eigenvalue weighted by atomic mass is 16.5. The lowest BCUT2D eigenvalue weighted by molar-refractivity contribution is 0.102. The van der Waals surface area contributed by atoms with E-state index in [-0.39, 0.29) is 5.91 Å². The molecule has 148 valence electrons. The maximum atomic E-state index is 12.7. The summed E-state index contributed by atoms with van der Waals surface area (Å²) >= 11 is 0. The average molecular weight is 393 g/mol. The van der Waals surface area contributed by atoms with Crippen LogP contribution in [0.4, 0.5) is 5.82 Å². The predicted octanol–water partition coefficient (Wildman–Crippen LogP) is 3.23. The lowest BCUT2D eigenvalue weighted by atomic mass is 10.1. The summed E-state index contributed by atoms with van der Waals surface area (Å²) < 4.78 is 15.9. The van der Waals surface area contributed by atoms with Gasteiger partial charge in [-0.05, 0) is 24.3 Å². The molecule has 2 aromatic carbocycles. The summed E-state index contributed by atoms with van der Waals surface area (Å²) in [6.45, 7) is 0. The molecule has 2 aromatic heterocycles. The minimum absolute atomic E-state index is 0.341. The molecule has 0 aliphatic rings. The van der Waals surface area contributed by atoms with Gasteiger partial charge in [0.25, 0.3) is 5.91 Å². The zero-order valence-electron chi connectivity index (χ0n) is 16.1. The van der Waals surface area contributed by atoms with Crippen molar-refractivity contribution in [2.75, 3.05) is 26.6 Å². The van der Waals surface area contributed by atoms with Gasteiger partial charge >= 0.3 is 0 Å². The number of benzene rings is 2. The first-order valence-electron chi connectivity index (χ1n) is 8.75. The third kappa shape index (κ3) is 3.45. The van der Waals surface area contributed by atoms with Crippen molar-refractivity contribution in [3.63, 3.8) is 0 Å². The van der Waals surface area contributed by atoms with Crippen molar-refractivity contribution in [2.24, 2.45) is 0 Å². The molecule has 1 amide bonds. The number of hydrogen-bond donors (Lipinski definition) is 3. The number of anilines is 1. The smallest absolute Gasteiger partial charge is 0.257 e. The van der Waals surface area contributed by atoms with Gasteiger partial charge in [-0.2, -0.15) is 5.10 Å². The minimum atomic E-state index is -0.369. The Labute approximate surface area is 166 Å². The molecular formula is C20H19N5O4. The number of carbonyl (C=O) groups is 1. The first-order valence-corrected chi connectivity index (χ1v) is 8.75. The number of rotatable bonds is 6. The summed E-state index contributed by atoms with van der Waals surface area (Å²) in [5, 5.41) is 9.77. The van der Waals surface area contributed by atoms with Crippen molar-refractivity contribution in [2.45, 2.75) is 0 Å². The Morgan fingerprint density at radius 1 is 1.00 bits per heavy atom. The SMILES string of the molecule is COc1cc(C(=O)Nc2cc(-c3nc4ccccc4[nH]3)[nH]n2)cc(OC)c1OC. The molecule has 29 heavy (non-hydrogen) atoms. The van der Waals surface area contributed by atoms with Crippen LogP contribution in [-0.4, -0.2) is 47.4 Å². The van der Waals surface area contributed by atoms with Gasteiger partial charge in [-0.25, -0.2) is 4.98 Å². The second kappa shape index (κ2) is 7.55. The second-order valence-electron chi connectivity index (χ2n) is 6.14. The van der Waals surface area contributed by atoms with E-state index in [9.17, 15) is 4.79 Å². The third-order valence-electron chi connectivity index (χ3n) is 4.39. The molecule has 0 saturated heterocycles. The fourth-order valence-electron chi connectivity index (χ4n) is 2.99. The van der Waals surface area contributed by atoms with Crippen LogP contribution in [0.15, 0.2) is 42.5 Å². The number of aromatic nitrogens is 4. The van der Waals surface area contributed by atoms with Crippen LogP contribution >= 0.6 is 0 Å². The number of H-pyrrole nitrogens is 2. The van der Waals surface area contributed by atoms with Crippen molar-refractivity contribution in [1.82, 2.24) is 20.2 Å². The number of nitrogens with one attached hydrogen (secondary N) is 3. The van der Waals surface area contributed by atoms with Gasteiger partial charge in [0.1, 0.15) is 5.69 Å². The maximum Gasteiger partial charge on any atom is 0.257 e. The van der Waals surface area contributed by atoms with Crippen LogP contribution in [0.3, 0.4) is 0 Å². The standard InChI is InChI=1S/C20H19N5O4/c1-27-15-8-11(9-16(28-2)18(15)29-3)20(26)23-17-10-14(24-25-17)19-21-12-6-4-5-7-13(12)22-19/h4-10H,1-3H3,(H,21,22)(H2,23,24,25,26). The van der Waals surface area contributed by atoms with Crippen LogP contribution in [0.2, 0.25) is 0 Å². The summed E-state index contributed by atoms with van der Waals surface area (Å²) in [6.07, 6.45) is 0. The van der Waals surface area contributed by atoms with E-state index < -0.39 is 0 Å². The summed E-state index contributed by atoms with van der Waals surface area (Å²) in [6, 6.07) is 12.6. The topological polar surface area (TPSA) is 114 Å². The quantitative estimate of drug-likeness (QED) is 0.463. The zero-order valence-corrected chi connectivity index (χ0v) is 16.1. The van der Waals surface area contributed by atoms with E-state index in [2.05, 4.69) is 25.5 Å². The molecule has 2 heterocycles. The van der Waals surface area contributed by atoms with E-state index in [1.54, 1.807) is 18.2 Å². The highest BCUT2D eigenvalue weighted by Gasteiger charge is 2.18. The number of para-hydroxylation sites is 2. The summed E-state index contributed by atoms with van der Waals surface area (Å²) in [5.41, 5.74) is 2.76. The van der Waals surface area contributed by atoms with E-state index in [0.717, 1.165) is 11.0 Å². The molecule has 9 nitrogen and oxygen atoms in total. The zero-order chi connectivity index (χ0) is 20.4. The number of carbonyl (C=O) groups excluding carboxylic acids is 1. The van der Waals surface area contributed by atoms with Crippen LogP contribution in [0.25, 0.3) is 22.6 Å². The number of aromatic amines is 2. The Morgan fingerprint density at radius 3 is 2.38 bits per heavy atom. The van der Waals surface area contributed by atoms with E-state index in [4.69, 9.17) is 14.2 Å². The van der Waals surface area contributed by atoms with Crippen LogP contribution in [-0.2, 0) is 0 Å². The maximum absolute atomic E-state index is 12.7. The highest BCUT2D eigenvalue weighted by Crippen LogP contribution is 2.38. The molecule has 4 rings (SSSR count). The minimum Gasteiger partial charge on any atom is -0.493 e.